The predicted octanol–water partition coefficient (Wildman–Crippen LogP) is 2.99. The highest BCUT2D eigenvalue weighted by Crippen LogP contribution is 2.18. The molecule has 1 saturated heterocycles. The molecule has 1 aliphatic heterocycles. The van der Waals surface area contributed by atoms with E-state index in [-0.39, 0.29) is 5.95 Å². The Morgan fingerprint density at radius 1 is 0.968 bits per heavy atom. The van der Waals surface area contributed by atoms with Crippen LogP contribution in [0.25, 0.3) is 6.08 Å². The minimum atomic E-state index is 0.213. The lowest BCUT2D eigenvalue weighted by atomic mass is 10.2. The number of anilines is 3. The highest BCUT2D eigenvalue weighted by molar-refractivity contribution is 5.55. The van der Waals surface area contributed by atoms with Crippen LogP contribution >= 0.6 is 0 Å². The van der Waals surface area contributed by atoms with Gasteiger partial charge in [0.25, 0.3) is 0 Å². The highest BCUT2D eigenvalue weighted by Gasteiger charge is 2.16. The molecule has 3 aromatic rings. The molecule has 0 aliphatic carbocycles. The molecule has 1 fully saturated rings. The molecule has 2 aromatic carbocycles. The Labute approximate surface area is 182 Å². The first-order valence-corrected chi connectivity index (χ1v) is 10.3. The zero-order valence-corrected chi connectivity index (χ0v) is 17.6. The molecule has 0 unspecified atom stereocenters. The van der Waals surface area contributed by atoms with Crippen molar-refractivity contribution in [3.63, 3.8) is 0 Å². The van der Waals surface area contributed by atoms with Crippen LogP contribution in [0.15, 0.2) is 60.8 Å². The third-order valence-corrected chi connectivity index (χ3v) is 5.09. The number of ether oxygens (including phenoxy) is 1. The smallest absolute Gasteiger partial charge is 0.232 e. The molecular formula is C23H27N7O. The van der Waals surface area contributed by atoms with E-state index < -0.39 is 0 Å². The summed E-state index contributed by atoms with van der Waals surface area (Å²) in [6.45, 7) is 4.43. The number of hydrogen-bond donors (Lipinski definition) is 2. The van der Waals surface area contributed by atoms with E-state index in [1.165, 1.54) is 5.56 Å². The molecule has 1 aromatic heterocycles. The molecule has 0 saturated carbocycles. The standard InChI is InChI=1S/C23H27N7O/c1-31-20-9-7-19(8-10-20)25-23-27-21(26-22(24)28-23)17-30-15-13-29(14-16-30)12-11-18-5-3-2-4-6-18/h2-12H,13-17H2,1H3,(H3,24,25,26,27,28). The van der Waals surface area contributed by atoms with Crippen LogP contribution in [-0.4, -0.2) is 58.0 Å². The molecule has 2 heterocycles. The maximum Gasteiger partial charge on any atom is 0.232 e. The van der Waals surface area contributed by atoms with E-state index in [9.17, 15) is 0 Å². The van der Waals surface area contributed by atoms with Gasteiger partial charge in [0.1, 0.15) is 11.6 Å². The molecule has 8 heteroatoms. The van der Waals surface area contributed by atoms with E-state index in [2.05, 4.69) is 66.6 Å². The lowest BCUT2D eigenvalue weighted by Crippen LogP contribution is -2.43. The Morgan fingerprint density at radius 2 is 1.71 bits per heavy atom. The van der Waals surface area contributed by atoms with Gasteiger partial charge in [-0.3, -0.25) is 4.90 Å². The van der Waals surface area contributed by atoms with Crippen molar-refractivity contribution in [2.75, 3.05) is 44.3 Å². The number of benzene rings is 2. The normalized spacial score (nSPS) is 14.7. The molecule has 4 rings (SSSR count). The summed E-state index contributed by atoms with van der Waals surface area (Å²) in [7, 11) is 1.64. The molecule has 160 valence electrons. The van der Waals surface area contributed by atoms with Crippen molar-refractivity contribution in [2.24, 2.45) is 0 Å². The van der Waals surface area contributed by atoms with Gasteiger partial charge in [0.2, 0.25) is 11.9 Å². The van der Waals surface area contributed by atoms with E-state index in [0.29, 0.717) is 18.3 Å². The van der Waals surface area contributed by atoms with Crippen LogP contribution in [0.5, 0.6) is 5.75 Å². The van der Waals surface area contributed by atoms with Gasteiger partial charge in [-0.2, -0.15) is 15.0 Å². The Kier molecular flexibility index (Phi) is 6.59. The van der Waals surface area contributed by atoms with Gasteiger partial charge in [0, 0.05) is 31.9 Å². The van der Waals surface area contributed by atoms with Gasteiger partial charge in [-0.25, -0.2) is 0 Å². The number of aromatic nitrogens is 3. The van der Waals surface area contributed by atoms with Gasteiger partial charge in [-0.1, -0.05) is 30.3 Å². The third-order valence-electron chi connectivity index (χ3n) is 5.09. The van der Waals surface area contributed by atoms with Crippen molar-refractivity contribution in [1.29, 1.82) is 0 Å². The zero-order chi connectivity index (χ0) is 21.5. The second kappa shape index (κ2) is 9.90. The molecule has 0 bridgehead atoms. The summed E-state index contributed by atoms with van der Waals surface area (Å²) in [5, 5.41) is 3.18. The number of methoxy groups -OCH3 is 1. The molecule has 0 spiro atoms. The number of rotatable bonds is 7. The minimum absolute atomic E-state index is 0.213. The van der Waals surface area contributed by atoms with Crippen molar-refractivity contribution in [2.45, 2.75) is 6.54 Å². The molecule has 0 radical (unpaired) electrons. The number of nitrogens with two attached hydrogens (primary N) is 1. The van der Waals surface area contributed by atoms with Crippen molar-refractivity contribution in [3.05, 3.63) is 72.2 Å². The Hall–Kier alpha value is -3.65. The Balaban J connectivity index is 1.32. The van der Waals surface area contributed by atoms with Crippen molar-refractivity contribution in [3.8, 4) is 5.75 Å². The number of nitrogens with one attached hydrogen (secondary N) is 1. The largest absolute Gasteiger partial charge is 0.497 e. The second-order valence-electron chi connectivity index (χ2n) is 7.33. The fourth-order valence-corrected chi connectivity index (χ4v) is 3.39. The van der Waals surface area contributed by atoms with Crippen LogP contribution in [0.3, 0.4) is 0 Å². The molecule has 8 nitrogen and oxygen atoms in total. The van der Waals surface area contributed by atoms with Gasteiger partial charge in [-0.05, 0) is 42.1 Å². The fraction of sp³-hybridized carbons (Fsp3) is 0.261. The van der Waals surface area contributed by atoms with Gasteiger partial charge < -0.3 is 20.7 Å². The minimum Gasteiger partial charge on any atom is -0.497 e. The lowest BCUT2D eigenvalue weighted by molar-refractivity contribution is 0.160. The highest BCUT2D eigenvalue weighted by atomic mass is 16.5. The summed E-state index contributed by atoms with van der Waals surface area (Å²) in [4.78, 5) is 17.7. The summed E-state index contributed by atoms with van der Waals surface area (Å²) in [5.41, 5.74) is 7.99. The summed E-state index contributed by atoms with van der Waals surface area (Å²) in [6, 6.07) is 17.9. The Bertz CT molecular complexity index is 1000. The Morgan fingerprint density at radius 3 is 2.42 bits per heavy atom. The number of nitrogens with zero attached hydrogens (tertiary/aromatic N) is 5. The molecule has 0 atom stereocenters. The quantitative estimate of drug-likeness (QED) is 0.606. The third kappa shape index (κ3) is 5.93. The average Bonchev–Trinajstić information content (AvgIpc) is 2.79. The van der Waals surface area contributed by atoms with Gasteiger partial charge in [0.15, 0.2) is 0 Å². The number of nitrogen functional groups attached to an aromatic ring is 1. The monoisotopic (exact) mass is 417 g/mol. The van der Waals surface area contributed by atoms with Crippen LogP contribution in [0.4, 0.5) is 17.6 Å². The van der Waals surface area contributed by atoms with Crippen LogP contribution < -0.4 is 15.8 Å². The van der Waals surface area contributed by atoms with Crippen molar-refractivity contribution >= 4 is 23.7 Å². The summed E-state index contributed by atoms with van der Waals surface area (Å²) in [5.74, 6) is 2.11. The lowest BCUT2D eigenvalue weighted by Gasteiger charge is -2.33. The average molecular weight is 418 g/mol. The summed E-state index contributed by atoms with van der Waals surface area (Å²) >= 11 is 0. The van der Waals surface area contributed by atoms with Gasteiger partial charge >= 0.3 is 0 Å². The maximum atomic E-state index is 5.92. The first-order chi connectivity index (χ1) is 15.2. The first kappa shape index (κ1) is 20.6. The maximum absolute atomic E-state index is 5.92. The van der Waals surface area contributed by atoms with Crippen molar-refractivity contribution in [1.82, 2.24) is 24.8 Å². The summed E-state index contributed by atoms with van der Waals surface area (Å²) in [6.07, 6.45) is 4.32. The fourth-order valence-electron chi connectivity index (χ4n) is 3.39. The van der Waals surface area contributed by atoms with E-state index in [4.69, 9.17) is 10.5 Å². The molecule has 3 N–H and O–H groups in total. The van der Waals surface area contributed by atoms with Crippen LogP contribution in [0.1, 0.15) is 11.4 Å². The first-order valence-electron chi connectivity index (χ1n) is 10.3. The molecule has 1 aliphatic rings. The van der Waals surface area contributed by atoms with Crippen LogP contribution in [0, 0.1) is 0 Å². The van der Waals surface area contributed by atoms with Gasteiger partial charge in [-0.15, -0.1) is 0 Å². The summed E-state index contributed by atoms with van der Waals surface area (Å²) < 4.78 is 5.19. The van der Waals surface area contributed by atoms with E-state index >= 15 is 0 Å². The van der Waals surface area contributed by atoms with E-state index in [1.807, 2.05) is 30.3 Å². The van der Waals surface area contributed by atoms with Crippen LogP contribution in [0.2, 0.25) is 0 Å². The van der Waals surface area contributed by atoms with E-state index in [0.717, 1.165) is 37.6 Å². The predicted molar refractivity (Wildman–Crippen MR) is 123 cm³/mol. The second-order valence-corrected chi connectivity index (χ2v) is 7.33. The number of hydrogen-bond acceptors (Lipinski definition) is 8. The molecular weight excluding hydrogens is 390 g/mol. The topological polar surface area (TPSA) is 92.4 Å². The van der Waals surface area contributed by atoms with Gasteiger partial charge in [0.05, 0.1) is 13.7 Å². The molecule has 0 amide bonds. The number of piperazine rings is 1. The van der Waals surface area contributed by atoms with E-state index in [1.54, 1.807) is 7.11 Å². The zero-order valence-electron chi connectivity index (χ0n) is 17.6. The van der Waals surface area contributed by atoms with Crippen molar-refractivity contribution < 1.29 is 4.74 Å². The van der Waals surface area contributed by atoms with Crippen LogP contribution in [-0.2, 0) is 6.54 Å². The SMILES string of the molecule is COc1ccc(Nc2nc(N)nc(CN3CCN(C=Cc4ccccc4)CC3)n2)cc1. The molecule has 31 heavy (non-hydrogen) atoms.